The van der Waals surface area contributed by atoms with Crippen molar-refractivity contribution in [2.24, 2.45) is 0 Å². The molecule has 1 unspecified atom stereocenters. The van der Waals surface area contributed by atoms with Crippen LogP contribution in [0.4, 0.5) is 5.82 Å². The lowest BCUT2D eigenvalue weighted by Crippen LogP contribution is -1.95. The number of rotatable bonds is 3. The summed E-state index contributed by atoms with van der Waals surface area (Å²) >= 11 is 0. The zero-order chi connectivity index (χ0) is 11.5. The summed E-state index contributed by atoms with van der Waals surface area (Å²) in [7, 11) is 0. The molecule has 0 aliphatic rings. The molecule has 0 bridgehead atoms. The van der Waals surface area contributed by atoms with Crippen LogP contribution in [-0.2, 0) is 0 Å². The average molecular weight is 217 g/mol. The fourth-order valence-electron chi connectivity index (χ4n) is 1.61. The van der Waals surface area contributed by atoms with Crippen LogP contribution in [0.1, 0.15) is 31.9 Å². The second-order valence-electron chi connectivity index (χ2n) is 3.83. The van der Waals surface area contributed by atoms with Crippen molar-refractivity contribution >= 4 is 5.82 Å². The van der Waals surface area contributed by atoms with Crippen LogP contribution in [0, 0.1) is 0 Å². The third-order valence-corrected chi connectivity index (χ3v) is 2.73. The van der Waals surface area contributed by atoms with Crippen LogP contribution in [0.25, 0.3) is 11.3 Å². The largest absolute Gasteiger partial charge is 0.380 e. The molecule has 4 nitrogen and oxygen atoms in total. The van der Waals surface area contributed by atoms with E-state index in [1.54, 1.807) is 6.20 Å². The maximum absolute atomic E-state index is 5.82. The molecular weight excluding hydrogens is 202 g/mol. The maximum Gasteiger partial charge on any atom is 0.176 e. The Hall–Kier alpha value is -1.84. The van der Waals surface area contributed by atoms with Gasteiger partial charge in [0.25, 0.3) is 0 Å². The lowest BCUT2D eigenvalue weighted by Gasteiger charge is -2.06. The molecule has 4 heteroatoms. The fraction of sp³-hybridized carbons (Fsp3) is 0.333. The highest BCUT2D eigenvalue weighted by atomic mass is 16.5. The molecular formula is C12H15N3O. The number of nitrogens with two attached hydrogens (primary N) is 1. The van der Waals surface area contributed by atoms with Gasteiger partial charge in [0.1, 0.15) is 0 Å². The van der Waals surface area contributed by atoms with Crippen molar-refractivity contribution in [2.75, 3.05) is 5.73 Å². The van der Waals surface area contributed by atoms with Crippen LogP contribution < -0.4 is 5.73 Å². The number of nitrogens with zero attached hydrogens (tertiary/aromatic N) is 2. The Bertz CT molecular complexity index is 464. The molecule has 1 atom stereocenters. The minimum atomic E-state index is 0.293. The quantitative estimate of drug-likeness (QED) is 0.858. The van der Waals surface area contributed by atoms with Gasteiger partial charge in [0, 0.05) is 12.1 Å². The van der Waals surface area contributed by atoms with Gasteiger partial charge in [-0.25, -0.2) is 0 Å². The van der Waals surface area contributed by atoms with E-state index >= 15 is 0 Å². The molecule has 0 saturated heterocycles. The SMILES string of the molecule is CCC(C)c1onc(N)c1-c1ccccn1. The topological polar surface area (TPSA) is 64.9 Å². The van der Waals surface area contributed by atoms with Crippen molar-refractivity contribution in [2.45, 2.75) is 26.2 Å². The molecule has 0 aliphatic carbocycles. The summed E-state index contributed by atoms with van der Waals surface area (Å²) < 4.78 is 5.29. The Morgan fingerprint density at radius 1 is 1.44 bits per heavy atom. The van der Waals surface area contributed by atoms with Crippen molar-refractivity contribution in [3.63, 3.8) is 0 Å². The van der Waals surface area contributed by atoms with E-state index in [2.05, 4.69) is 24.0 Å². The van der Waals surface area contributed by atoms with Gasteiger partial charge in [0.2, 0.25) is 0 Å². The Balaban J connectivity index is 2.52. The minimum absolute atomic E-state index is 0.293. The van der Waals surface area contributed by atoms with Gasteiger partial charge in [0.15, 0.2) is 11.6 Å². The third-order valence-electron chi connectivity index (χ3n) is 2.73. The van der Waals surface area contributed by atoms with E-state index < -0.39 is 0 Å². The van der Waals surface area contributed by atoms with Crippen molar-refractivity contribution in [1.29, 1.82) is 0 Å². The van der Waals surface area contributed by atoms with Gasteiger partial charge in [-0.2, -0.15) is 0 Å². The Kier molecular flexibility index (Phi) is 2.90. The molecule has 0 spiro atoms. The first kappa shape index (κ1) is 10.7. The maximum atomic E-state index is 5.82. The van der Waals surface area contributed by atoms with Crippen molar-refractivity contribution < 1.29 is 4.52 Å². The molecule has 2 heterocycles. The lowest BCUT2D eigenvalue weighted by atomic mass is 10.00. The van der Waals surface area contributed by atoms with Crippen LogP contribution in [0.5, 0.6) is 0 Å². The first-order valence-electron chi connectivity index (χ1n) is 5.40. The summed E-state index contributed by atoms with van der Waals surface area (Å²) in [5, 5.41) is 3.82. The molecule has 2 aromatic rings. The minimum Gasteiger partial charge on any atom is -0.380 e. The molecule has 0 aromatic carbocycles. The summed E-state index contributed by atoms with van der Waals surface area (Å²) in [6.45, 7) is 4.19. The van der Waals surface area contributed by atoms with Gasteiger partial charge in [0.05, 0.1) is 11.3 Å². The van der Waals surface area contributed by atoms with E-state index in [9.17, 15) is 0 Å². The summed E-state index contributed by atoms with van der Waals surface area (Å²) in [4.78, 5) is 4.28. The van der Waals surface area contributed by atoms with Crippen LogP contribution in [0.3, 0.4) is 0 Å². The van der Waals surface area contributed by atoms with Crippen LogP contribution >= 0.6 is 0 Å². The Labute approximate surface area is 94.5 Å². The predicted molar refractivity (Wildman–Crippen MR) is 62.9 cm³/mol. The molecule has 0 saturated carbocycles. The van der Waals surface area contributed by atoms with Crippen LogP contribution in [0.2, 0.25) is 0 Å². The van der Waals surface area contributed by atoms with Crippen LogP contribution in [-0.4, -0.2) is 10.1 Å². The summed E-state index contributed by atoms with van der Waals surface area (Å²) in [5.41, 5.74) is 7.47. The highest BCUT2D eigenvalue weighted by Gasteiger charge is 2.20. The van der Waals surface area contributed by atoms with Gasteiger partial charge >= 0.3 is 0 Å². The van der Waals surface area contributed by atoms with E-state index in [0.29, 0.717) is 11.7 Å². The molecule has 84 valence electrons. The second kappa shape index (κ2) is 4.35. The molecule has 2 N–H and O–H groups in total. The normalized spacial score (nSPS) is 12.6. The van der Waals surface area contributed by atoms with Gasteiger partial charge < -0.3 is 10.3 Å². The first-order valence-corrected chi connectivity index (χ1v) is 5.40. The highest BCUT2D eigenvalue weighted by molar-refractivity contribution is 5.72. The van der Waals surface area contributed by atoms with Gasteiger partial charge in [-0.05, 0) is 18.6 Å². The molecule has 0 fully saturated rings. The number of nitrogen functional groups attached to an aromatic ring is 1. The average Bonchev–Trinajstić information content (AvgIpc) is 2.71. The number of anilines is 1. The fourth-order valence-corrected chi connectivity index (χ4v) is 1.61. The second-order valence-corrected chi connectivity index (χ2v) is 3.83. The standard InChI is InChI=1S/C12H15N3O/c1-3-8(2)11-10(12(13)15-16-11)9-6-4-5-7-14-9/h4-8H,3H2,1-2H3,(H2,13,15). The van der Waals surface area contributed by atoms with Gasteiger partial charge in [-0.1, -0.05) is 25.1 Å². The molecule has 0 radical (unpaired) electrons. The van der Waals surface area contributed by atoms with E-state index in [1.165, 1.54) is 0 Å². The van der Waals surface area contributed by atoms with Crippen molar-refractivity contribution in [1.82, 2.24) is 10.1 Å². The Morgan fingerprint density at radius 2 is 2.25 bits per heavy atom. The lowest BCUT2D eigenvalue weighted by molar-refractivity contribution is 0.366. The number of pyridine rings is 1. The number of hydrogen-bond donors (Lipinski definition) is 1. The zero-order valence-corrected chi connectivity index (χ0v) is 9.47. The van der Waals surface area contributed by atoms with E-state index in [0.717, 1.165) is 23.4 Å². The van der Waals surface area contributed by atoms with Crippen molar-refractivity contribution in [3.05, 3.63) is 30.2 Å². The third kappa shape index (κ3) is 1.78. The van der Waals surface area contributed by atoms with Crippen LogP contribution in [0.15, 0.2) is 28.9 Å². The summed E-state index contributed by atoms with van der Waals surface area (Å²) in [5.74, 6) is 1.52. The van der Waals surface area contributed by atoms with Crippen molar-refractivity contribution in [3.8, 4) is 11.3 Å². The smallest absolute Gasteiger partial charge is 0.176 e. The molecule has 0 aliphatic heterocycles. The molecule has 2 aromatic heterocycles. The summed E-state index contributed by atoms with van der Waals surface area (Å²) in [6.07, 6.45) is 2.72. The highest BCUT2D eigenvalue weighted by Crippen LogP contribution is 2.33. The Morgan fingerprint density at radius 3 is 2.88 bits per heavy atom. The number of hydrogen-bond acceptors (Lipinski definition) is 4. The molecule has 16 heavy (non-hydrogen) atoms. The van der Waals surface area contributed by atoms with E-state index in [1.807, 2.05) is 18.2 Å². The zero-order valence-electron chi connectivity index (χ0n) is 9.47. The molecule has 0 amide bonds. The molecule has 2 rings (SSSR count). The summed E-state index contributed by atoms with van der Waals surface area (Å²) in [6, 6.07) is 5.71. The first-order chi connectivity index (χ1) is 7.74. The van der Waals surface area contributed by atoms with E-state index in [-0.39, 0.29) is 0 Å². The monoisotopic (exact) mass is 217 g/mol. The van der Waals surface area contributed by atoms with Gasteiger partial charge in [-0.3, -0.25) is 4.98 Å². The predicted octanol–water partition coefficient (Wildman–Crippen LogP) is 2.83. The van der Waals surface area contributed by atoms with Gasteiger partial charge in [-0.15, -0.1) is 0 Å². The van der Waals surface area contributed by atoms with E-state index in [4.69, 9.17) is 10.3 Å². The number of aromatic nitrogens is 2.